The van der Waals surface area contributed by atoms with Crippen LogP contribution in [-0.2, 0) is 12.7 Å². The van der Waals surface area contributed by atoms with Gasteiger partial charge in [0.25, 0.3) is 5.69 Å². The van der Waals surface area contributed by atoms with Gasteiger partial charge in [-0.3, -0.25) is 10.1 Å². The Bertz CT molecular complexity index is 730. The number of hydrogen-bond acceptors (Lipinski definition) is 4. The maximum absolute atomic E-state index is 13.9. The molecule has 0 aliphatic carbocycles. The van der Waals surface area contributed by atoms with E-state index in [4.69, 9.17) is 5.73 Å². The van der Waals surface area contributed by atoms with Crippen molar-refractivity contribution in [1.82, 2.24) is 0 Å². The highest BCUT2D eigenvalue weighted by molar-refractivity contribution is 5.67. The van der Waals surface area contributed by atoms with Gasteiger partial charge in [0.05, 0.1) is 16.2 Å². The molecule has 0 aromatic heterocycles. The van der Waals surface area contributed by atoms with E-state index in [0.29, 0.717) is 5.56 Å². The monoisotopic (exact) mass is 329 g/mol. The summed E-state index contributed by atoms with van der Waals surface area (Å²) in [6.45, 7) is 0.0340. The van der Waals surface area contributed by atoms with E-state index in [0.717, 1.165) is 24.3 Å². The minimum absolute atomic E-state index is 0.0340. The van der Waals surface area contributed by atoms with Crippen LogP contribution in [0.4, 0.5) is 34.6 Å². The van der Waals surface area contributed by atoms with Crippen LogP contribution < -0.4 is 11.1 Å². The summed E-state index contributed by atoms with van der Waals surface area (Å²) in [5, 5.41) is 13.3. The molecule has 0 aliphatic heterocycles. The molecule has 0 saturated carbocycles. The minimum atomic E-state index is -4.43. The molecular formula is C14H11F4N3O2. The molecule has 0 bridgehead atoms. The van der Waals surface area contributed by atoms with Crippen molar-refractivity contribution in [2.45, 2.75) is 12.7 Å². The van der Waals surface area contributed by atoms with Crippen molar-refractivity contribution in [3.63, 3.8) is 0 Å². The zero-order chi connectivity index (χ0) is 17.2. The SMILES string of the molecule is Nc1c([N+](=O)[O-])ccc(NCc2ccc(C(F)(F)F)cc2)c1F. The molecule has 2 rings (SSSR count). The number of nitrogens with zero attached hydrogens (tertiary/aromatic N) is 1. The van der Waals surface area contributed by atoms with Crippen LogP contribution in [0.15, 0.2) is 36.4 Å². The van der Waals surface area contributed by atoms with Crippen molar-refractivity contribution in [3.05, 3.63) is 63.5 Å². The molecule has 9 heteroatoms. The fraction of sp³-hybridized carbons (Fsp3) is 0.143. The second kappa shape index (κ2) is 6.11. The van der Waals surface area contributed by atoms with Gasteiger partial charge in [-0.05, 0) is 23.8 Å². The molecule has 23 heavy (non-hydrogen) atoms. The van der Waals surface area contributed by atoms with E-state index in [2.05, 4.69) is 5.32 Å². The first kappa shape index (κ1) is 16.5. The third-order valence-electron chi connectivity index (χ3n) is 3.12. The molecule has 0 heterocycles. The van der Waals surface area contributed by atoms with Gasteiger partial charge in [-0.25, -0.2) is 4.39 Å². The molecule has 0 spiro atoms. The molecular weight excluding hydrogens is 318 g/mol. The molecule has 122 valence electrons. The number of nitrogens with two attached hydrogens (primary N) is 1. The lowest BCUT2D eigenvalue weighted by atomic mass is 10.1. The minimum Gasteiger partial charge on any atom is -0.391 e. The van der Waals surface area contributed by atoms with E-state index in [1.807, 2.05) is 0 Å². The maximum Gasteiger partial charge on any atom is 0.416 e. The quantitative estimate of drug-likeness (QED) is 0.385. The highest BCUT2D eigenvalue weighted by Crippen LogP contribution is 2.31. The summed E-state index contributed by atoms with van der Waals surface area (Å²) in [4.78, 5) is 9.82. The van der Waals surface area contributed by atoms with Crippen LogP contribution in [0.3, 0.4) is 0 Å². The first-order valence-electron chi connectivity index (χ1n) is 6.32. The van der Waals surface area contributed by atoms with Crippen LogP contribution in [0.25, 0.3) is 0 Å². The van der Waals surface area contributed by atoms with Crippen LogP contribution in [0.1, 0.15) is 11.1 Å². The zero-order valence-electron chi connectivity index (χ0n) is 11.5. The molecule has 0 aliphatic rings. The van der Waals surface area contributed by atoms with Gasteiger partial charge in [-0.2, -0.15) is 13.2 Å². The number of anilines is 2. The predicted octanol–water partition coefficient (Wildman–Crippen LogP) is 3.95. The topological polar surface area (TPSA) is 81.2 Å². The summed E-state index contributed by atoms with van der Waals surface area (Å²) in [6, 6.07) is 6.53. The van der Waals surface area contributed by atoms with E-state index < -0.39 is 33.9 Å². The van der Waals surface area contributed by atoms with Gasteiger partial charge in [-0.1, -0.05) is 12.1 Å². The smallest absolute Gasteiger partial charge is 0.391 e. The largest absolute Gasteiger partial charge is 0.416 e. The summed E-state index contributed by atoms with van der Waals surface area (Å²) >= 11 is 0. The molecule has 0 saturated heterocycles. The Morgan fingerprint density at radius 2 is 1.74 bits per heavy atom. The third kappa shape index (κ3) is 3.68. The van der Waals surface area contributed by atoms with E-state index >= 15 is 0 Å². The van der Waals surface area contributed by atoms with Crippen molar-refractivity contribution < 1.29 is 22.5 Å². The molecule has 3 N–H and O–H groups in total. The Hall–Kier alpha value is -2.84. The maximum atomic E-state index is 13.9. The number of rotatable bonds is 4. The number of nitrogen functional groups attached to an aromatic ring is 1. The Balaban J connectivity index is 2.12. The van der Waals surface area contributed by atoms with Crippen molar-refractivity contribution in [1.29, 1.82) is 0 Å². The van der Waals surface area contributed by atoms with Crippen LogP contribution in [0.5, 0.6) is 0 Å². The Labute approximate surface area is 127 Å². The molecule has 2 aromatic rings. The molecule has 0 unspecified atom stereocenters. The average molecular weight is 329 g/mol. The molecule has 5 nitrogen and oxygen atoms in total. The van der Waals surface area contributed by atoms with Crippen LogP contribution in [0, 0.1) is 15.9 Å². The summed E-state index contributed by atoms with van der Waals surface area (Å²) in [6.07, 6.45) is -4.43. The van der Waals surface area contributed by atoms with Crippen molar-refractivity contribution in [2.24, 2.45) is 0 Å². The van der Waals surface area contributed by atoms with Crippen LogP contribution >= 0.6 is 0 Å². The Kier molecular flexibility index (Phi) is 4.39. The first-order valence-corrected chi connectivity index (χ1v) is 6.32. The van der Waals surface area contributed by atoms with E-state index in [-0.39, 0.29) is 12.2 Å². The molecule has 0 atom stereocenters. The highest BCUT2D eigenvalue weighted by atomic mass is 19.4. The summed E-state index contributed by atoms with van der Waals surface area (Å²) in [7, 11) is 0. The van der Waals surface area contributed by atoms with E-state index in [9.17, 15) is 27.7 Å². The molecule has 0 radical (unpaired) electrons. The van der Waals surface area contributed by atoms with Gasteiger partial charge in [0.15, 0.2) is 5.82 Å². The standard InChI is InChI=1S/C14H11F4N3O2/c15-12-10(5-6-11(13(12)19)21(22)23)20-7-8-1-3-9(4-2-8)14(16,17)18/h1-6,20H,7,19H2. The Morgan fingerprint density at radius 3 is 2.26 bits per heavy atom. The fourth-order valence-corrected chi connectivity index (χ4v) is 1.89. The molecule has 0 amide bonds. The van der Waals surface area contributed by atoms with Gasteiger partial charge < -0.3 is 11.1 Å². The lowest BCUT2D eigenvalue weighted by Crippen LogP contribution is -2.07. The van der Waals surface area contributed by atoms with Gasteiger partial charge in [-0.15, -0.1) is 0 Å². The van der Waals surface area contributed by atoms with Crippen LogP contribution in [-0.4, -0.2) is 4.92 Å². The van der Waals surface area contributed by atoms with Crippen molar-refractivity contribution in [2.75, 3.05) is 11.1 Å². The number of nitro benzene ring substituents is 1. The number of benzene rings is 2. The van der Waals surface area contributed by atoms with E-state index in [1.165, 1.54) is 12.1 Å². The van der Waals surface area contributed by atoms with Crippen LogP contribution in [0.2, 0.25) is 0 Å². The summed E-state index contributed by atoms with van der Waals surface area (Å²) in [5.41, 5.74) is 3.80. The van der Waals surface area contributed by atoms with Crippen molar-refractivity contribution in [3.8, 4) is 0 Å². The Morgan fingerprint density at radius 1 is 1.13 bits per heavy atom. The predicted molar refractivity (Wildman–Crippen MR) is 76.2 cm³/mol. The lowest BCUT2D eigenvalue weighted by Gasteiger charge is -2.11. The van der Waals surface area contributed by atoms with Gasteiger partial charge in [0, 0.05) is 12.6 Å². The van der Waals surface area contributed by atoms with Gasteiger partial charge in [0.2, 0.25) is 0 Å². The molecule has 2 aromatic carbocycles. The summed E-state index contributed by atoms with van der Waals surface area (Å²) < 4.78 is 51.2. The first-order chi connectivity index (χ1) is 10.7. The van der Waals surface area contributed by atoms with Gasteiger partial charge in [0.1, 0.15) is 5.69 Å². The highest BCUT2D eigenvalue weighted by Gasteiger charge is 2.29. The van der Waals surface area contributed by atoms with Gasteiger partial charge >= 0.3 is 6.18 Å². The number of nitro groups is 1. The number of halogens is 4. The molecule has 0 fully saturated rings. The summed E-state index contributed by atoms with van der Waals surface area (Å²) in [5.74, 6) is -0.980. The number of nitrogens with one attached hydrogen (secondary N) is 1. The third-order valence-corrected chi connectivity index (χ3v) is 3.12. The second-order valence-corrected chi connectivity index (χ2v) is 4.67. The van der Waals surface area contributed by atoms with E-state index in [1.54, 1.807) is 0 Å². The second-order valence-electron chi connectivity index (χ2n) is 4.67. The van der Waals surface area contributed by atoms with Crippen molar-refractivity contribution >= 4 is 17.1 Å². The number of hydrogen-bond donors (Lipinski definition) is 2. The number of alkyl halides is 3. The normalized spacial score (nSPS) is 11.3. The average Bonchev–Trinajstić information content (AvgIpc) is 2.48. The lowest BCUT2D eigenvalue weighted by molar-refractivity contribution is -0.384. The zero-order valence-corrected chi connectivity index (χ0v) is 11.5. The fourth-order valence-electron chi connectivity index (χ4n) is 1.89.